The first-order valence-corrected chi connectivity index (χ1v) is 7.48. The number of hydrogen-bond donors (Lipinski definition) is 0. The number of thiazole rings is 1. The highest BCUT2D eigenvalue weighted by Gasteiger charge is 2.05. The summed E-state index contributed by atoms with van der Waals surface area (Å²) in [5.74, 6) is 0.842. The number of methoxy groups -OCH3 is 1. The van der Waals surface area contributed by atoms with Crippen LogP contribution in [0.15, 0.2) is 58.8 Å². The number of fused-ring (bicyclic) bond motifs is 1. The van der Waals surface area contributed by atoms with E-state index in [1.165, 1.54) is 0 Å². The van der Waals surface area contributed by atoms with Crippen LogP contribution in [0, 0.1) is 0 Å². The van der Waals surface area contributed by atoms with E-state index in [0.29, 0.717) is 5.13 Å². The summed E-state index contributed by atoms with van der Waals surface area (Å²) in [5, 5.41) is 9.30. The van der Waals surface area contributed by atoms with Crippen LogP contribution in [-0.2, 0) is 0 Å². The smallest absolute Gasteiger partial charge is 0.230 e. The Morgan fingerprint density at radius 1 is 1.10 bits per heavy atom. The van der Waals surface area contributed by atoms with Crippen molar-refractivity contribution in [3.05, 3.63) is 54.1 Å². The molecule has 0 fully saturated rings. The molecule has 0 saturated heterocycles. The van der Waals surface area contributed by atoms with Crippen molar-refractivity contribution in [3.8, 4) is 5.75 Å². The van der Waals surface area contributed by atoms with Crippen LogP contribution in [0.25, 0.3) is 10.2 Å². The first-order valence-electron chi connectivity index (χ1n) is 6.66. The fourth-order valence-corrected chi connectivity index (χ4v) is 2.78. The van der Waals surface area contributed by atoms with E-state index in [1.807, 2.05) is 55.5 Å². The fraction of sp³-hybridized carbons (Fsp3) is 0.188. The first kappa shape index (κ1) is 13.7. The van der Waals surface area contributed by atoms with Crippen molar-refractivity contribution in [3.63, 3.8) is 0 Å². The zero-order chi connectivity index (χ0) is 14.7. The zero-order valence-corrected chi connectivity index (χ0v) is 12.7. The number of nitrogens with zero attached hydrogens (tertiary/aromatic N) is 3. The Kier molecular flexibility index (Phi) is 3.92. The standard InChI is InChI=1S/C16H15N3OS/c1-11(12-7-9-13(20-2)10-8-12)18-19-16-17-14-5-3-4-6-15(14)21-16/h3-11H,1-2H3. The second-order valence-electron chi connectivity index (χ2n) is 4.63. The van der Waals surface area contributed by atoms with Crippen molar-refractivity contribution in [2.45, 2.75) is 13.0 Å². The molecular weight excluding hydrogens is 282 g/mol. The van der Waals surface area contributed by atoms with Gasteiger partial charge >= 0.3 is 0 Å². The van der Waals surface area contributed by atoms with Gasteiger partial charge < -0.3 is 4.74 Å². The monoisotopic (exact) mass is 297 g/mol. The van der Waals surface area contributed by atoms with E-state index in [0.717, 1.165) is 21.5 Å². The van der Waals surface area contributed by atoms with Crippen molar-refractivity contribution < 1.29 is 4.74 Å². The Balaban J connectivity index is 1.77. The molecule has 0 aliphatic heterocycles. The van der Waals surface area contributed by atoms with Gasteiger partial charge in [-0.25, -0.2) is 4.98 Å². The van der Waals surface area contributed by atoms with Gasteiger partial charge in [-0.2, -0.15) is 5.11 Å². The van der Waals surface area contributed by atoms with Gasteiger partial charge in [-0.05, 0) is 36.8 Å². The van der Waals surface area contributed by atoms with Crippen molar-refractivity contribution in [1.29, 1.82) is 0 Å². The summed E-state index contributed by atoms with van der Waals surface area (Å²) in [5.41, 5.74) is 2.06. The molecule has 3 rings (SSSR count). The van der Waals surface area contributed by atoms with Crippen molar-refractivity contribution in [2.75, 3.05) is 7.11 Å². The average Bonchev–Trinajstić information content (AvgIpc) is 2.95. The molecule has 3 aromatic rings. The van der Waals surface area contributed by atoms with E-state index in [4.69, 9.17) is 4.74 Å². The van der Waals surface area contributed by atoms with Gasteiger partial charge in [-0.1, -0.05) is 35.6 Å². The molecule has 0 aliphatic carbocycles. The molecule has 1 aromatic heterocycles. The number of hydrogen-bond acceptors (Lipinski definition) is 5. The van der Waals surface area contributed by atoms with Crippen molar-refractivity contribution in [2.24, 2.45) is 10.2 Å². The van der Waals surface area contributed by atoms with E-state index in [-0.39, 0.29) is 6.04 Å². The van der Waals surface area contributed by atoms with E-state index >= 15 is 0 Å². The molecule has 0 aliphatic rings. The minimum Gasteiger partial charge on any atom is -0.497 e. The third-order valence-electron chi connectivity index (χ3n) is 3.20. The van der Waals surface area contributed by atoms with Gasteiger partial charge in [-0.15, -0.1) is 5.11 Å². The molecule has 0 spiro atoms. The van der Waals surface area contributed by atoms with E-state index < -0.39 is 0 Å². The van der Waals surface area contributed by atoms with E-state index in [9.17, 15) is 0 Å². The normalized spacial score (nSPS) is 12.9. The first-order chi connectivity index (χ1) is 10.3. The quantitative estimate of drug-likeness (QED) is 0.625. The van der Waals surface area contributed by atoms with Crippen LogP contribution in [0.4, 0.5) is 5.13 Å². The maximum Gasteiger partial charge on any atom is 0.230 e. The summed E-state index contributed by atoms with van der Waals surface area (Å²) in [4.78, 5) is 4.44. The van der Waals surface area contributed by atoms with Gasteiger partial charge in [0.25, 0.3) is 0 Å². The summed E-state index contributed by atoms with van der Waals surface area (Å²) < 4.78 is 6.28. The lowest BCUT2D eigenvalue weighted by Crippen LogP contribution is -1.89. The van der Waals surface area contributed by atoms with Crippen LogP contribution in [0.2, 0.25) is 0 Å². The predicted molar refractivity (Wildman–Crippen MR) is 85.5 cm³/mol. The van der Waals surface area contributed by atoms with Crippen LogP contribution in [0.5, 0.6) is 5.75 Å². The number of ether oxygens (including phenoxy) is 1. The molecule has 1 unspecified atom stereocenters. The molecule has 0 N–H and O–H groups in total. The number of azo groups is 1. The maximum atomic E-state index is 5.15. The van der Waals surface area contributed by atoms with Gasteiger partial charge in [0.15, 0.2) is 0 Å². The van der Waals surface area contributed by atoms with Gasteiger partial charge in [0.1, 0.15) is 5.75 Å². The summed E-state index contributed by atoms with van der Waals surface area (Å²) in [6, 6.07) is 15.9. The molecule has 21 heavy (non-hydrogen) atoms. The Morgan fingerprint density at radius 3 is 2.57 bits per heavy atom. The van der Waals surface area contributed by atoms with E-state index in [2.05, 4.69) is 15.2 Å². The predicted octanol–water partition coefficient (Wildman–Crippen LogP) is 5.15. The van der Waals surface area contributed by atoms with Crippen LogP contribution in [0.1, 0.15) is 18.5 Å². The third-order valence-corrected chi connectivity index (χ3v) is 4.12. The fourth-order valence-electron chi connectivity index (χ4n) is 1.99. The number of benzene rings is 2. The maximum absolute atomic E-state index is 5.15. The summed E-state index contributed by atoms with van der Waals surface area (Å²) in [6.07, 6.45) is 0. The molecule has 2 aromatic carbocycles. The molecule has 1 atom stereocenters. The molecule has 0 bridgehead atoms. The highest BCUT2D eigenvalue weighted by molar-refractivity contribution is 7.21. The lowest BCUT2D eigenvalue weighted by molar-refractivity contribution is 0.414. The molecule has 0 amide bonds. The SMILES string of the molecule is COc1ccc(C(C)N=Nc2nc3ccccc3s2)cc1. The van der Waals surface area contributed by atoms with Crippen LogP contribution in [-0.4, -0.2) is 12.1 Å². The Morgan fingerprint density at radius 2 is 1.86 bits per heavy atom. The summed E-state index contributed by atoms with van der Waals surface area (Å²) in [6.45, 7) is 2.01. The third kappa shape index (κ3) is 3.08. The zero-order valence-electron chi connectivity index (χ0n) is 11.9. The van der Waals surface area contributed by atoms with Gasteiger partial charge in [0.2, 0.25) is 5.13 Å². The second kappa shape index (κ2) is 6.01. The molecule has 4 nitrogen and oxygen atoms in total. The lowest BCUT2D eigenvalue weighted by Gasteiger charge is -2.05. The van der Waals surface area contributed by atoms with Gasteiger partial charge in [0, 0.05) is 0 Å². The van der Waals surface area contributed by atoms with Gasteiger partial charge in [0.05, 0.1) is 23.4 Å². The second-order valence-corrected chi connectivity index (χ2v) is 5.64. The van der Waals surface area contributed by atoms with Crippen molar-refractivity contribution >= 4 is 26.7 Å². The number of aromatic nitrogens is 1. The van der Waals surface area contributed by atoms with Gasteiger partial charge in [-0.3, -0.25) is 0 Å². The van der Waals surface area contributed by atoms with E-state index in [1.54, 1.807) is 18.4 Å². The average molecular weight is 297 g/mol. The van der Waals surface area contributed by atoms with Crippen LogP contribution in [0.3, 0.4) is 0 Å². The summed E-state index contributed by atoms with van der Waals surface area (Å²) >= 11 is 1.55. The highest BCUT2D eigenvalue weighted by Crippen LogP contribution is 2.29. The lowest BCUT2D eigenvalue weighted by atomic mass is 10.1. The number of para-hydroxylation sites is 1. The molecule has 1 heterocycles. The molecule has 106 valence electrons. The molecular formula is C16H15N3OS. The van der Waals surface area contributed by atoms with Crippen LogP contribution < -0.4 is 4.74 Å². The molecule has 0 saturated carbocycles. The van der Waals surface area contributed by atoms with Crippen LogP contribution >= 0.6 is 11.3 Å². The summed E-state index contributed by atoms with van der Waals surface area (Å²) in [7, 11) is 1.66. The largest absolute Gasteiger partial charge is 0.497 e. The molecule has 0 radical (unpaired) electrons. The topological polar surface area (TPSA) is 46.8 Å². The Labute approximate surface area is 127 Å². The minimum atomic E-state index is -0.0112. The number of rotatable bonds is 4. The highest BCUT2D eigenvalue weighted by atomic mass is 32.1. The Hall–Kier alpha value is -2.27. The van der Waals surface area contributed by atoms with Crippen molar-refractivity contribution in [1.82, 2.24) is 4.98 Å². The minimum absolute atomic E-state index is 0.0112. The Bertz CT molecular complexity index is 732. The molecule has 5 heteroatoms.